The highest BCUT2D eigenvalue weighted by molar-refractivity contribution is 5.98. The van der Waals surface area contributed by atoms with Crippen LogP contribution in [0.3, 0.4) is 0 Å². The summed E-state index contributed by atoms with van der Waals surface area (Å²) < 4.78 is 130. The van der Waals surface area contributed by atoms with Crippen molar-refractivity contribution in [2.24, 2.45) is 0 Å². The number of ether oxygens (including phenoxy) is 6. The summed E-state index contributed by atoms with van der Waals surface area (Å²) in [4.78, 5) is 0. The van der Waals surface area contributed by atoms with Crippen LogP contribution >= 0.6 is 0 Å². The lowest BCUT2D eigenvalue weighted by atomic mass is 9.85. The van der Waals surface area contributed by atoms with E-state index in [0.29, 0.717) is 39.8 Å². The third-order valence-corrected chi connectivity index (χ3v) is 16.9. The van der Waals surface area contributed by atoms with Crippen molar-refractivity contribution in [2.45, 2.75) is 232 Å². The van der Waals surface area contributed by atoms with Crippen molar-refractivity contribution in [3.8, 4) is 67.9 Å². The van der Waals surface area contributed by atoms with Gasteiger partial charge in [0.05, 0.1) is 55.7 Å². The minimum absolute atomic E-state index is 0.00540. The van der Waals surface area contributed by atoms with Crippen molar-refractivity contribution in [3.63, 3.8) is 0 Å². The van der Waals surface area contributed by atoms with Crippen molar-refractivity contribution in [3.05, 3.63) is 70.3 Å². The normalized spacial score (nSPS) is 12.8. The van der Waals surface area contributed by atoms with Crippen molar-refractivity contribution >= 4 is 0 Å². The second-order valence-electron chi connectivity index (χ2n) is 22.9. The van der Waals surface area contributed by atoms with E-state index in [-0.39, 0.29) is 69.8 Å². The molecular formula is C68H100F6NO6+. The number of nitrogens with zero attached hydrogens (tertiary/aromatic N) is 1. The number of rotatable bonds is 42. The van der Waals surface area contributed by atoms with Crippen LogP contribution in [0.2, 0.25) is 0 Å². The summed E-state index contributed by atoms with van der Waals surface area (Å²) >= 11 is 0. The van der Waals surface area contributed by atoms with Gasteiger partial charge < -0.3 is 32.9 Å². The number of unbranched alkanes of at least 4 members (excludes halogenated alkanes) is 30. The van der Waals surface area contributed by atoms with Crippen LogP contribution in [0.5, 0.6) is 34.5 Å². The third kappa shape index (κ3) is 18.6. The van der Waals surface area contributed by atoms with E-state index < -0.39 is 34.9 Å². The fourth-order valence-electron chi connectivity index (χ4n) is 12.6. The monoisotopic (exact) mass is 1140 g/mol. The summed E-state index contributed by atoms with van der Waals surface area (Å²) in [5, 5.41) is 0. The largest absolute Gasteiger partial charge is 0.492 e. The Hall–Kier alpha value is -4.78. The molecule has 1 aliphatic rings. The second-order valence-corrected chi connectivity index (χ2v) is 22.9. The zero-order valence-corrected chi connectivity index (χ0v) is 50.9. The third-order valence-electron chi connectivity index (χ3n) is 16.9. The summed E-state index contributed by atoms with van der Waals surface area (Å²) in [6.45, 7) is 6.28. The molecule has 0 amide bonds. The Morgan fingerprint density at radius 3 is 0.728 bits per heavy atom. The van der Waals surface area contributed by atoms with E-state index in [1.54, 1.807) is 0 Å². The molecule has 0 radical (unpaired) electrons. The number of benzene rings is 4. The zero-order valence-electron chi connectivity index (χ0n) is 50.9. The maximum Gasteiger partial charge on any atom is 0.204 e. The first-order chi connectivity index (χ1) is 39.4. The number of hydrogen-bond donors (Lipinski definition) is 0. The molecule has 0 spiro atoms. The Morgan fingerprint density at radius 1 is 0.296 bits per heavy atom. The number of methoxy groups -OCH3 is 6. The molecule has 0 saturated heterocycles. The lowest BCUT2D eigenvalue weighted by Crippen LogP contribution is -2.47. The van der Waals surface area contributed by atoms with Crippen LogP contribution in [-0.4, -0.2) is 60.2 Å². The lowest BCUT2D eigenvalue weighted by Gasteiger charge is -2.40. The van der Waals surface area contributed by atoms with Crippen LogP contribution in [0.4, 0.5) is 26.3 Å². The Morgan fingerprint density at radius 2 is 0.506 bits per heavy atom. The van der Waals surface area contributed by atoms with Gasteiger partial charge >= 0.3 is 0 Å². The molecule has 0 atom stereocenters. The molecule has 0 aliphatic carbocycles. The van der Waals surface area contributed by atoms with Crippen LogP contribution in [0, 0.1) is 34.9 Å². The van der Waals surface area contributed by atoms with Gasteiger partial charge in [-0.15, -0.1) is 0 Å². The standard InChI is InChI=1S/C68H100F6NO6/c1-9-11-13-15-17-19-21-23-25-27-29-31-33-35-37-39-41-75(42-40-38-36-34-32-30-28-26-24-22-20-18-16-14-12-10-2)47-51-57(49-43-53(69)61(73)54(70)44-49)63(76-3)67(80-7)65(78-5)59(51)60-52(48-75)58(50-45-55(71)62(74)56(72)46-50)64(77-4)68(81-8)66(60)79-6/h43-46H,9-42,47-48H2,1-8H3/q+1. The van der Waals surface area contributed by atoms with Crippen LogP contribution < -0.4 is 28.4 Å². The summed E-state index contributed by atoms with van der Waals surface area (Å²) in [5.74, 6) is -8.10. The number of fused-ring (bicyclic) bond motifs is 3. The lowest BCUT2D eigenvalue weighted by molar-refractivity contribution is -0.953. The van der Waals surface area contributed by atoms with E-state index in [9.17, 15) is 8.78 Å². The Bertz CT molecular complexity index is 2300. The number of halogens is 6. The smallest absolute Gasteiger partial charge is 0.204 e. The maximum atomic E-state index is 15.7. The molecule has 7 nitrogen and oxygen atoms in total. The molecule has 4 aromatic rings. The molecule has 0 unspecified atom stereocenters. The predicted octanol–water partition coefficient (Wildman–Crippen LogP) is 20.9. The van der Waals surface area contributed by atoms with Crippen LogP contribution in [-0.2, 0) is 13.1 Å². The van der Waals surface area contributed by atoms with Gasteiger partial charge in [-0.2, -0.15) is 0 Å². The highest BCUT2D eigenvalue weighted by Crippen LogP contribution is 2.62. The topological polar surface area (TPSA) is 55.4 Å². The fraction of sp³-hybridized carbons (Fsp3) is 0.647. The van der Waals surface area contributed by atoms with Gasteiger partial charge in [-0.1, -0.05) is 194 Å². The minimum atomic E-state index is -1.62. The first-order valence-electron chi connectivity index (χ1n) is 31.3. The SMILES string of the molecule is CCCCCCCCCCCCCCCCCC[N+]1(CCCCCCCCCCCCCCCCCC)Cc2c(-c3cc(F)c(F)c(F)c3)c(OC)c(OC)c(OC)c2-c2c(c(-c3cc(F)c(F)c(F)c3)c(OC)c(OC)c2OC)C1. The van der Waals surface area contributed by atoms with Gasteiger partial charge in [0.2, 0.25) is 11.5 Å². The average molecular weight is 1140 g/mol. The molecule has 0 bridgehead atoms. The van der Waals surface area contributed by atoms with Crippen molar-refractivity contribution < 1.29 is 59.2 Å². The average Bonchev–Trinajstić information content (AvgIpc) is 3.77. The molecule has 4 aromatic carbocycles. The summed E-state index contributed by atoms with van der Waals surface area (Å²) in [6.07, 6.45) is 38.9. The van der Waals surface area contributed by atoms with E-state index in [1.165, 1.54) is 197 Å². The number of quaternary nitrogens is 1. The van der Waals surface area contributed by atoms with Gasteiger partial charge in [-0.05, 0) is 61.1 Å². The van der Waals surface area contributed by atoms with Gasteiger partial charge in [0.25, 0.3) is 0 Å². The second kappa shape index (κ2) is 36.0. The molecule has 81 heavy (non-hydrogen) atoms. The van der Waals surface area contributed by atoms with E-state index in [2.05, 4.69) is 13.8 Å². The molecule has 454 valence electrons. The Kier molecular flexibility index (Phi) is 29.8. The first-order valence-corrected chi connectivity index (χ1v) is 31.3. The highest BCUT2D eigenvalue weighted by Gasteiger charge is 2.44. The van der Waals surface area contributed by atoms with E-state index in [0.717, 1.165) is 75.6 Å². The molecule has 0 saturated carbocycles. The quantitative estimate of drug-likeness (QED) is 0.0191. The molecule has 5 rings (SSSR count). The molecule has 1 heterocycles. The Balaban J connectivity index is 1.57. The van der Waals surface area contributed by atoms with E-state index >= 15 is 17.6 Å². The van der Waals surface area contributed by atoms with Crippen LogP contribution in [0.15, 0.2) is 24.3 Å². The highest BCUT2D eigenvalue weighted by atomic mass is 19.2. The molecular weight excluding hydrogens is 1040 g/mol. The molecule has 0 aromatic heterocycles. The minimum Gasteiger partial charge on any atom is -0.492 e. The summed E-state index contributed by atoms with van der Waals surface area (Å²) in [7, 11) is 8.60. The number of hydrogen-bond acceptors (Lipinski definition) is 6. The van der Waals surface area contributed by atoms with Crippen molar-refractivity contribution in [2.75, 3.05) is 55.7 Å². The van der Waals surface area contributed by atoms with Crippen molar-refractivity contribution in [1.82, 2.24) is 0 Å². The summed E-state index contributed by atoms with van der Waals surface area (Å²) in [5.41, 5.74) is 2.31. The zero-order chi connectivity index (χ0) is 58.6. The van der Waals surface area contributed by atoms with Crippen molar-refractivity contribution in [1.29, 1.82) is 0 Å². The molecule has 13 heteroatoms. The van der Waals surface area contributed by atoms with Crippen LogP contribution in [0.1, 0.15) is 230 Å². The predicted molar refractivity (Wildman–Crippen MR) is 318 cm³/mol. The first kappa shape index (κ1) is 67.0. The Labute approximate surface area is 483 Å². The molecule has 0 fully saturated rings. The van der Waals surface area contributed by atoms with Gasteiger partial charge in [-0.3, -0.25) is 0 Å². The van der Waals surface area contributed by atoms with Gasteiger partial charge in [-0.25, -0.2) is 26.3 Å². The van der Waals surface area contributed by atoms with Crippen LogP contribution in [0.25, 0.3) is 33.4 Å². The van der Waals surface area contributed by atoms with Gasteiger partial charge in [0.15, 0.2) is 57.9 Å². The van der Waals surface area contributed by atoms with Gasteiger partial charge in [0, 0.05) is 33.4 Å². The molecule has 1 aliphatic heterocycles. The summed E-state index contributed by atoms with van der Waals surface area (Å²) in [6, 6.07) is 3.82. The van der Waals surface area contributed by atoms with Gasteiger partial charge in [0.1, 0.15) is 13.1 Å². The molecule has 0 N–H and O–H groups in total. The fourth-order valence-corrected chi connectivity index (χ4v) is 12.6. The maximum absolute atomic E-state index is 15.7. The van der Waals surface area contributed by atoms with E-state index in [4.69, 9.17) is 28.4 Å². The van der Waals surface area contributed by atoms with E-state index in [1.807, 2.05) is 0 Å².